The summed E-state index contributed by atoms with van der Waals surface area (Å²) in [6, 6.07) is 11.4. The molecule has 1 N–H and O–H groups in total. The summed E-state index contributed by atoms with van der Waals surface area (Å²) in [6.07, 6.45) is 3.72. The lowest BCUT2D eigenvalue weighted by Gasteiger charge is -2.33. The summed E-state index contributed by atoms with van der Waals surface area (Å²) in [4.78, 5) is 20.9. The van der Waals surface area contributed by atoms with Crippen LogP contribution in [0.3, 0.4) is 0 Å². The fourth-order valence-electron chi connectivity index (χ4n) is 4.11. The van der Waals surface area contributed by atoms with Crippen LogP contribution < -0.4 is 5.32 Å². The third kappa shape index (κ3) is 6.54. The molecule has 0 saturated carbocycles. The SMILES string of the molecule is C=C(C)CCC(=S)N1CCC(c2nc(C(=O)Nc3ccc(F)cc3-c3ccc(Cl)cc3)cs2)CC1. The van der Waals surface area contributed by atoms with Crippen molar-refractivity contribution in [3.63, 3.8) is 0 Å². The number of hydrogen-bond donors (Lipinski definition) is 1. The van der Waals surface area contributed by atoms with Gasteiger partial charge in [0.1, 0.15) is 11.5 Å². The van der Waals surface area contributed by atoms with Crippen LogP contribution in [0.2, 0.25) is 5.02 Å². The number of halogens is 2. The average Bonchev–Trinajstić information content (AvgIpc) is 3.35. The Labute approximate surface area is 219 Å². The van der Waals surface area contributed by atoms with Crippen LogP contribution in [-0.2, 0) is 0 Å². The molecule has 1 aliphatic rings. The number of piperidine rings is 1. The minimum atomic E-state index is -0.380. The standard InChI is InChI=1S/C27H27ClFN3OS2/c1-17(2)3-10-25(34)32-13-11-19(12-14-32)27-31-24(16-35-27)26(33)30-23-9-8-21(29)15-22(23)18-4-6-20(28)7-5-18/h4-9,15-16,19H,1,3,10-14H2,2H3,(H,30,33). The second-order valence-electron chi connectivity index (χ2n) is 8.83. The molecule has 0 unspecified atom stereocenters. The van der Waals surface area contributed by atoms with Crippen molar-refractivity contribution in [2.24, 2.45) is 0 Å². The number of thiazole rings is 1. The Morgan fingerprint density at radius 1 is 1.23 bits per heavy atom. The second kappa shape index (κ2) is 11.4. The fourth-order valence-corrected chi connectivity index (χ4v) is 5.50. The van der Waals surface area contributed by atoms with Crippen molar-refractivity contribution in [2.45, 2.75) is 38.5 Å². The Bertz CT molecular complexity index is 1230. The van der Waals surface area contributed by atoms with E-state index in [4.69, 9.17) is 23.8 Å². The normalized spacial score (nSPS) is 14.1. The Morgan fingerprint density at radius 2 is 1.94 bits per heavy atom. The van der Waals surface area contributed by atoms with Crippen molar-refractivity contribution in [3.05, 3.63) is 81.5 Å². The van der Waals surface area contributed by atoms with E-state index in [2.05, 4.69) is 21.8 Å². The summed E-state index contributed by atoms with van der Waals surface area (Å²) in [6.45, 7) is 7.79. The average molecular weight is 528 g/mol. The van der Waals surface area contributed by atoms with Crippen molar-refractivity contribution < 1.29 is 9.18 Å². The van der Waals surface area contributed by atoms with Gasteiger partial charge in [0, 0.05) is 47.1 Å². The lowest BCUT2D eigenvalue weighted by Crippen LogP contribution is -2.36. The van der Waals surface area contributed by atoms with E-state index in [9.17, 15) is 9.18 Å². The van der Waals surface area contributed by atoms with Gasteiger partial charge in [-0.15, -0.1) is 17.9 Å². The van der Waals surface area contributed by atoms with E-state index in [1.54, 1.807) is 35.7 Å². The van der Waals surface area contributed by atoms with Gasteiger partial charge in [-0.1, -0.05) is 41.5 Å². The fraction of sp³-hybridized carbons (Fsp3) is 0.296. The number of thiocarbonyl (C=S) groups is 1. The van der Waals surface area contributed by atoms with E-state index in [1.807, 2.05) is 6.92 Å². The van der Waals surface area contributed by atoms with Crippen LogP contribution >= 0.6 is 35.2 Å². The highest BCUT2D eigenvalue weighted by Gasteiger charge is 2.25. The smallest absolute Gasteiger partial charge is 0.275 e. The molecule has 0 atom stereocenters. The van der Waals surface area contributed by atoms with Crippen molar-refractivity contribution in [1.29, 1.82) is 0 Å². The molecule has 182 valence electrons. The van der Waals surface area contributed by atoms with Crippen molar-refractivity contribution in [2.75, 3.05) is 18.4 Å². The minimum Gasteiger partial charge on any atom is -0.366 e. The van der Waals surface area contributed by atoms with Crippen LogP contribution in [-0.4, -0.2) is 33.9 Å². The molecule has 0 radical (unpaired) electrons. The number of hydrogen-bond acceptors (Lipinski definition) is 4. The summed E-state index contributed by atoms with van der Waals surface area (Å²) in [5.41, 5.74) is 3.38. The van der Waals surface area contributed by atoms with Crippen LogP contribution in [0.1, 0.15) is 54.0 Å². The first-order valence-electron chi connectivity index (χ1n) is 11.5. The first-order chi connectivity index (χ1) is 16.8. The van der Waals surface area contributed by atoms with Gasteiger partial charge in [-0.05, 0) is 62.1 Å². The van der Waals surface area contributed by atoms with Crippen molar-refractivity contribution in [3.8, 4) is 11.1 Å². The maximum absolute atomic E-state index is 14.0. The van der Waals surface area contributed by atoms with Gasteiger partial charge in [0.25, 0.3) is 5.91 Å². The number of allylic oxidation sites excluding steroid dienone is 1. The van der Waals surface area contributed by atoms with E-state index < -0.39 is 0 Å². The zero-order valence-corrected chi connectivity index (χ0v) is 21.9. The lowest BCUT2D eigenvalue weighted by molar-refractivity contribution is 0.102. The molecule has 0 spiro atoms. The maximum Gasteiger partial charge on any atom is 0.275 e. The van der Waals surface area contributed by atoms with Gasteiger partial charge in [-0.2, -0.15) is 0 Å². The van der Waals surface area contributed by atoms with Crippen molar-refractivity contribution in [1.82, 2.24) is 9.88 Å². The van der Waals surface area contributed by atoms with Crippen LogP contribution in [0, 0.1) is 5.82 Å². The van der Waals surface area contributed by atoms with Crippen LogP contribution in [0.25, 0.3) is 11.1 Å². The number of benzene rings is 2. The number of nitrogens with zero attached hydrogens (tertiary/aromatic N) is 2. The monoisotopic (exact) mass is 527 g/mol. The molecule has 1 aliphatic heterocycles. The maximum atomic E-state index is 14.0. The topological polar surface area (TPSA) is 45.2 Å². The summed E-state index contributed by atoms with van der Waals surface area (Å²) in [5.74, 6) is -0.376. The Kier molecular flexibility index (Phi) is 8.31. The first kappa shape index (κ1) is 25.5. The molecule has 3 aromatic rings. The highest BCUT2D eigenvalue weighted by molar-refractivity contribution is 7.80. The number of anilines is 1. The summed E-state index contributed by atoms with van der Waals surface area (Å²) in [7, 11) is 0. The third-order valence-electron chi connectivity index (χ3n) is 6.10. The first-order valence-corrected chi connectivity index (χ1v) is 13.2. The number of carbonyl (C=O) groups excluding carboxylic acids is 1. The number of nitrogens with one attached hydrogen (secondary N) is 1. The van der Waals surface area contributed by atoms with Crippen LogP contribution in [0.4, 0.5) is 10.1 Å². The number of aromatic nitrogens is 1. The molecule has 0 bridgehead atoms. The predicted molar refractivity (Wildman–Crippen MR) is 147 cm³/mol. The molecule has 4 nitrogen and oxygen atoms in total. The van der Waals surface area contributed by atoms with Gasteiger partial charge in [0.05, 0.1) is 10.00 Å². The van der Waals surface area contributed by atoms with Crippen LogP contribution in [0.5, 0.6) is 0 Å². The van der Waals surface area contributed by atoms with Gasteiger partial charge in [0.2, 0.25) is 0 Å². The molecule has 4 rings (SSSR count). The molecular weight excluding hydrogens is 501 g/mol. The Morgan fingerprint density at radius 3 is 2.63 bits per heavy atom. The highest BCUT2D eigenvalue weighted by atomic mass is 35.5. The molecule has 2 heterocycles. The lowest BCUT2D eigenvalue weighted by atomic mass is 9.97. The van der Waals surface area contributed by atoms with Gasteiger partial charge in [-0.25, -0.2) is 9.37 Å². The quantitative estimate of drug-likeness (QED) is 0.252. The van der Waals surface area contributed by atoms with E-state index in [0.717, 1.165) is 59.9 Å². The molecule has 8 heteroatoms. The van der Waals surface area contributed by atoms with Crippen LogP contribution in [0.15, 0.2) is 60.0 Å². The summed E-state index contributed by atoms with van der Waals surface area (Å²) >= 11 is 13.1. The zero-order valence-electron chi connectivity index (χ0n) is 19.5. The van der Waals surface area contributed by atoms with E-state index in [0.29, 0.717) is 27.9 Å². The van der Waals surface area contributed by atoms with Crippen molar-refractivity contribution >= 4 is 51.7 Å². The molecule has 2 aromatic carbocycles. The molecular formula is C27H27ClFN3OS2. The molecule has 0 aliphatic carbocycles. The van der Waals surface area contributed by atoms with Gasteiger partial charge in [-0.3, -0.25) is 4.79 Å². The molecule has 35 heavy (non-hydrogen) atoms. The number of rotatable bonds is 7. The molecule has 1 amide bonds. The van der Waals surface area contributed by atoms with E-state index in [1.165, 1.54) is 23.5 Å². The Balaban J connectivity index is 1.40. The van der Waals surface area contributed by atoms with Gasteiger partial charge >= 0.3 is 0 Å². The number of carbonyl (C=O) groups is 1. The molecule has 1 saturated heterocycles. The van der Waals surface area contributed by atoms with E-state index in [-0.39, 0.29) is 11.7 Å². The molecule has 1 aromatic heterocycles. The van der Waals surface area contributed by atoms with Gasteiger partial charge < -0.3 is 10.2 Å². The third-order valence-corrected chi connectivity index (χ3v) is 7.82. The summed E-state index contributed by atoms with van der Waals surface area (Å²) in [5, 5.41) is 6.25. The number of likely N-dealkylation sites (tertiary alicyclic amines) is 1. The summed E-state index contributed by atoms with van der Waals surface area (Å²) < 4.78 is 14.0. The largest absolute Gasteiger partial charge is 0.366 e. The number of amides is 1. The zero-order chi connectivity index (χ0) is 24.9. The minimum absolute atomic E-state index is 0.312. The predicted octanol–water partition coefficient (Wildman–Crippen LogP) is 7.72. The second-order valence-corrected chi connectivity index (χ2v) is 10.6. The molecule has 1 fully saturated rings. The Hall–Kier alpha value is -2.61. The van der Waals surface area contributed by atoms with E-state index >= 15 is 0 Å². The highest BCUT2D eigenvalue weighted by Crippen LogP contribution is 2.33. The van der Waals surface area contributed by atoms with Gasteiger partial charge in [0.15, 0.2) is 0 Å².